The van der Waals surface area contributed by atoms with Gasteiger partial charge in [0.1, 0.15) is 0 Å². The van der Waals surface area contributed by atoms with Crippen molar-refractivity contribution in [1.82, 2.24) is 9.27 Å². The molecular weight excluding hydrogens is 282 g/mol. The van der Waals surface area contributed by atoms with Crippen LogP contribution in [0.25, 0.3) is 0 Å². The second-order valence-electron chi connectivity index (χ2n) is 2.35. The van der Waals surface area contributed by atoms with Gasteiger partial charge in [0.05, 0.1) is 6.61 Å². The van der Waals surface area contributed by atoms with Gasteiger partial charge in [-0.1, -0.05) is 6.92 Å². The molecule has 0 aromatic rings. The van der Waals surface area contributed by atoms with Gasteiger partial charge in [0.15, 0.2) is 0 Å². The minimum atomic E-state index is -5.36. The van der Waals surface area contributed by atoms with E-state index >= 15 is 0 Å². The quantitative estimate of drug-likeness (QED) is 0.410. The standard InChI is InChI=1S/C3H7F5N3OP3/c1-2-3-12-11-14(6)10(4)13(5)9-15(11,7)8/h2-3H2,1H3. The highest BCUT2D eigenvalue weighted by atomic mass is 31.3. The van der Waals surface area contributed by atoms with Crippen LogP contribution in [0.1, 0.15) is 13.3 Å². The lowest BCUT2D eigenvalue weighted by Crippen LogP contribution is -2.18. The first-order chi connectivity index (χ1) is 6.90. The number of rotatable bonds is 3. The Hall–Kier alpha value is 0.620. The van der Waals surface area contributed by atoms with Crippen LogP contribution in [0.15, 0.2) is 4.52 Å². The maximum atomic E-state index is 13.0. The van der Waals surface area contributed by atoms with Crippen molar-refractivity contribution in [2.75, 3.05) is 6.61 Å². The second kappa shape index (κ2) is 5.30. The Morgan fingerprint density at radius 1 is 1.40 bits per heavy atom. The molecule has 0 bridgehead atoms. The monoisotopic (exact) mass is 289 g/mol. The van der Waals surface area contributed by atoms with E-state index in [2.05, 4.69) is 9.35 Å². The third-order valence-corrected chi connectivity index (χ3v) is 6.11. The normalized spacial score (nSPS) is 32.7. The van der Waals surface area contributed by atoms with E-state index < -0.39 is 34.2 Å². The molecule has 12 heteroatoms. The van der Waals surface area contributed by atoms with Gasteiger partial charge >= 0.3 is 24.9 Å². The maximum Gasteiger partial charge on any atom is 0.403 e. The Kier molecular flexibility index (Phi) is 4.84. The van der Waals surface area contributed by atoms with E-state index in [4.69, 9.17) is 0 Å². The molecule has 4 nitrogen and oxygen atoms in total. The lowest BCUT2D eigenvalue weighted by molar-refractivity contribution is -0.0313. The summed E-state index contributed by atoms with van der Waals surface area (Å²) in [5, 5.41) is 0. The summed E-state index contributed by atoms with van der Waals surface area (Å²) in [7, 11) is -12.6. The summed E-state index contributed by atoms with van der Waals surface area (Å²) < 4.78 is 65.0. The Bertz CT molecular complexity index is 275. The molecule has 15 heavy (non-hydrogen) atoms. The van der Waals surface area contributed by atoms with E-state index in [1.54, 1.807) is 6.92 Å². The first kappa shape index (κ1) is 13.7. The summed E-state index contributed by atoms with van der Waals surface area (Å²) >= 11 is 0. The Morgan fingerprint density at radius 2 is 2.00 bits per heavy atom. The Morgan fingerprint density at radius 3 is 2.53 bits per heavy atom. The molecule has 0 aromatic carbocycles. The molecule has 0 radical (unpaired) electrons. The average Bonchev–Trinajstić information content (AvgIpc) is 2.14. The second-order valence-corrected chi connectivity index (χ2v) is 7.00. The molecule has 0 amide bonds. The van der Waals surface area contributed by atoms with E-state index in [0.717, 1.165) is 0 Å². The molecule has 0 fully saturated rings. The topological polar surface area (TPSA) is 28.1 Å². The molecule has 1 aliphatic heterocycles. The van der Waals surface area contributed by atoms with Crippen LogP contribution in [0.2, 0.25) is 0 Å². The number of hydrogen-bond donors (Lipinski definition) is 0. The minimum absolute atomic E-state index is 0.202. The van der Waals surface area contributed by atoms with Crippen molar-refractivity contribution in [2.24, 2.45) is 4.52 Å². The first-order valence-electron chi connectivity index (χ1n) is 3.72. The van der Waals surface area contributed by atoms with E-state index in [1.807, 2.05) is 0 Å². The number of hydrogen-bond acceptors (Lipinski definition) is 4. The largest absolute Gasteiger partial charge is 0.403 e. The van der Waals surface area contributed by atoms with Crippen molar-refractivity contribution < 1.29 is 26.1 Å². The van der Waals surface area contributed by atoms with Crippen molar-refractivity contribution in [3.05, 3.63) is 0 Å². The van der Waals surface area contributed by atoms with Crippen molar-refractivity contribution in [3.8, 4) is 0 Å². The molecule has 0 saturated carbocycles. The smallest absolute Gasteiger partial charge is 0.283 e. The first-order valence-corrected chi connectivity index (χ1v) is 7.48. The highest BCUT2D eigenvalue weighted by Crippen LogP contribution is 2.80. The lowest BCUT2D eigenvalue weighted by Gasteiger charge is -2.31. The number of halogens is 5. The van der Waals surface area contributed by atoms with Crippen molar-refractivity contribution in [1.29, 1.82) is 0 Å². The van der Waals surface area contributed by atoms with Crippen LogP contribution >= 0.6 is 24.9 Å². The average molecular weight is 289 g/mol. The fraction of sp³-hybridized carbons (Fsp3) is 1.00. The summed E-state index contributed by atoms with van der Waals surface area (Å²) in [5.41, 5.74) is 0. The van der Waals surface area contributed by atoms with Crippen LogP contribution in [-0.4, -0.2) is 15.9 Å². The third-order valence-electron chi connectivity index (χ3n) is 1.21. The van der Waals surface area contributed by atoms with Gasteiger partial charge in [-0.25, -0.2) is 0 Å². The van der Waals surface area contributed by atoms with Gasteiger partial charge in [0.25, 0.3) is 0 Å². The van der Waals surface area contributed by atoms with Gasteiger partial charge in [-0.05, 0) is 15.7 Å². The van der Waals surface area contributed by atoms with Crippen LogP contribution in [0.5, 0.6) is 0 Å². The molecule has 1 aliphatic rings. The molecule has 2 unspecified atom stereocenters. The molecule has 0 aliphatic carbocycles. The molecule has 1 heterocycles. The molecule has 2 atom stereocenters. The zero-order valence-corrected chi connectivity index (χ0v) is 10.1. The fourth-order valence-corrected chi connectivity index (χ4v) is 4.89. The molecule has 90 valence electrons. The minimum Gasteiger partial charge on any atom is -0.283 e. The zero-order chi connectivity index (χ0) is 11.6. The summed E-state index contributed by atoms with van der Waals surface area (Å²) in [6.45, 7) is 1.40. The predicted molar refractivity (Wildman–Crippen MR) is 48.6 cm³/mol. The summed E-state index contributed by atoms with van der Waals surface area (Å²) in [5.74, 6) is 0. The predicted octanol–water partition coefficient (Wildman–Crippen LogP) is 5.11. The van der Waals surface area contributed by atoms with Gasteiger partial charge < -0.3 is 0 Å². The molecule has 0 N–H and O–H groups in total. The van der Waals surface area contributed by atoms with Gasteiger partial charge in [0.2, 0.25) is 0 Å². The van der Waals surface area contributed by atoms with Gasteiger partial charge in [-0.15, -0.1) is 4.48 Å². The van der Waals surface area contributed by atoms with Crippen LogP contribution in [0.3, 0.4) is 0 Å². The van der Waals surface area contributed by atoms with Gasteiger partial charge in [0, 0.05) is 0 Å². The lowest BCUT2D eigenvalue weighted by atomic mass is 10.5. The fourth-order valence-electron chi connectivity index (χ4n) is 0.659. The summed E-state index contributed by atoms with van der Waals surface area (Å²) in [6.07, 6.45) is 0.344. The highest BCUT2D eigenvalue weighted by Gasteiger charge is 2.50. The molecular formula is C3H7F5N3OP3. The SMILES string of the molecule is CCCON1P(F)N(F)P(F)N=P1(F)F. The van der Waals surface area contributed by atoms with E-state index in [-0.39, 0.29) is 6.61 Å². The maximum absolute atomic E-state index is 13.0. The Labute approximate surface area is 85.6 Å². The van der Waals surface area contributed by atoms with E-state index in [0.29, 0.717) is 6.42 Å². The van der Waals surface area contributed by atoms with E-state index in [9.17, 15) is 21.3 Å². The number of nitrogens with zero attached hydrogens (tertiary/aromatic N) is 3. The van der Waals surface area contributed by atoms with Crippen LogP contribution in [-0.2, 0) is 4.84 Å². The van der Waals surface area contributed by atoms with Crippen LogP contribution in [0.4, 0.5) is 21.3 Å². The van der Waals surface area contributed by atoms with Gasteiger partial charge in [-0.2, -0.15) is 21.3 Å². The summed E-state index contributed by atoms with van der Waals surface area (Å²) in [6, 6.07) is 0. The van der Waals surface area contributed by atoms with Crippen molar-refractivity contribution in [3.63, 3.8) is 0 Å². The molecule has 0 saturated heterocycles. The molecule has 1 rings (SSSR count). The molecule has 0 spiro atoms. The molecule has 0 aromatic heterocycles. The third kappa shape index (κ3) is 3.05. The van der Waals surface area contributed by atoms with Crippen LogP contribution in [0, 0.1) is 0 Å². The highest BCUT2D eigenvalue weighted by molar-refractivity contribution is 7.77. The van der Waals surface area contributed by atoms with Crippen molar-refractivity contribution in [2.45, 2.75) is 13.3 Å². The van der Waals surface area contributed by atoms with Crippen LogP contribution < -0.4 is 0 Å². The van der Waals surface area contributed by atoms with Crippen molar-refractivity contribution >= 4 is 24.9 Å². The summed E-state index contributed by atoms with van der Waals surface area (Å²) in [4.78, 5) is 4.33. The van der Waals surface area contributed by atoms with Gasteiger partial charge in [-0.3, -0.25) is 4.84 Å². The zero-order valence-electron chi connectivity index (χ0n) is 7.40. The van der Waals surface area contributed by atoms with E-state index in [1.165, 1.54) is 0 Å². The Balaban J connectivity index is 2.87.